The van der Waals surface area contributed by atoms with Crippen molar-refractivity contribution in [2.45, 2.75) is 44.8 Å². The third-order valence-corrected chi connectivity index (χ3v) is 4.66. The molecular formula is C20H27NO6. The Kier molecular flexibility index (Phi) is 6.85. The van der Waals surface area contributed by atoms with E-state index < -0.39 is 12.0 Å². The van der Waals surface area contributed by atoms with Gasteiger partial charge in [-0.3, -0.25) is 9.59 Å². The summed E-state index contributed by atoms with van der Waals surface area (Å²) in [6.45, 7) is 4.49. The van der Waals surface area contributed by atoms with E-state index in [1.807, 2.05) is 13.8 Å². The summed E-state index contributed by atoms with van der Waals surface area (Å²) in [5, 5.41) is 21.6. The quantitative estimate of drug-likeness (QED) is 0.631. The van der Waals surface area contributed by atoms with Gasteiger partial charge in [0.25, 0.3) is 0 Å². The van der Waals surface area contributed by atoms with Crippen LogP contribution in [0.25, 0.3) is 6.08 Å². The number of hydrogen-bond acceptors (Lipinski definition) is 5. The average Bonchev–Trinajstić information content (AvgIpc) is 2.59. The second-order valence-corrected chi connectivity index (χ2v) is 7.34. The topological polar surface area (TPSA) is 105 Å². The molecule has 3 N–H and O–H groups in total. The number of carboxylic acids is 1. The molecule has 1 heterocycles. The maximum absolute atomic E-state index is 12.3. The Bertz CT molecular complexity index is 712. The summed E-state index contributed by atoms with van der Waals surface area (Å²) in [6, 6.07) is 4.28. The minimum Gasteiger partial charge on any atom is -0.504 e. The number of amides is 1. The molecule has 0 unspecified atom stereocenters. The molecule has 148 valence electrons. The number of carboxylic acid groups (broad SMARTS) is 1. The van der Waals surface area contributed by atoms with Crippen molar-refractivity contribution < 1.29 is 29.3 Å². The molecule has 7 heteroatoms. The Morgan fingerprint density at radius 2 is 2.19 bits per heavy atom. The highest BCUT2D eigenvalue weighted by Crippen LogP contribution is 2.32. The monoisotopic (exact) mass is 377 g/mol. The zero-order valence-electron chi connectivity index (χ0n) is 15.9. The molecule has 1 aliphatic heterocycles. The van der Waals surface area contributed by atoms with Crippen molar-refractivity contribution in [3.05, 3.63) is 29.8 Å². The Labute approximate surface area is 159 Å². The predicted octanol–water partition coefficient (Wildman–Crippen LogP) is 2.58. The molecule has 2 atom stereocenters. The van der Waals surface area contributed by atoms with E-state index in [1.165, 1.54) is 19.3 Å². The Hall–Kier alpha value is -2.54. The van der Waals surface area contributed by atoms with Crippen LogP contribution in [0.5, 0.6) is 11.5 Å². The SMILES string of the molecule is COc1cc(C=CC(=O)N[C@@H](CC(=O)O)[C@@H]2CCOC(C)(C)C2)ccc1O. The van der Waals surface area contributed by atoms with Gasteiger partial charge in [0.1, 0.15) is 0 Å². The number of carbonyl (C=O) groups excluding carboxylic acids is 1. The second kappa shape index (κ2) is 8.90. The lowest BCUT2D eigenvalue weighted by Gasteiger charge is -2.39. The van der Waals surface area contributed by atoms with Crippen molar-refractivity contribution in [1.82, 2.24) is 5.32 Å². The number of carbonyl (C=O) groups is 2. The van der Waals surface area contributed by atoms with Crippen LogP contribution in [0.1, 0.15) is 38.7 Å². The molecule has 0 radical (unpaired) electrons. The van der Waals surface area contributed by atoms with E-state index in [0.29, 0.717) is 30.8 Å². The van der Waals surface area contributed by atoms with Crippen molar-refractivity contribution in [2.75, 3.05) is 13.7 Å². The van der Waals surface area contributed by atoms with E-state index >= 15 is 0 Å². The summed E-state index contributed by atoms with van der Waals surface area (Å²) in [5.74, 6) is -0.945. The van der Waals surface area contributed by atoms with Crippen molar-refractivity contribution in [3.63, 3.8) is 0 Å². The molecule has 2 rings (SSSR count). The van der Waals surface area contributed by atoms with Crippen molar-refractivity contribution in [2.24, 2.45) is 5.92 Å². The zero-order chi connectivity index (χ0) is 20.0. The van der Waals surface area contributed by atoms with Crippen LogP contribution in [-0.2, 0) is 14.3 Å². The fraction of sp³-hybridized carbons (Fsp3) is 0.500. The molecule has 1 fully saturated rings. The first kappa shape index (κ1) is 20.8. The Balaban J connectivity index is 2.05. The van der Waals surface area contributed by atoms with Gasteiger partial charge in [0.05, 0.1) is 19.1 Å². The van der Waals surface area contributed by atoms with Gasteiger partial charge in [0.15, 0.2) is 11.5 Å². The molecule has 0 saturated carbocycles. The standard InChI is InChI=1S/C20H27NO6/c1-20(2)12-14(8-9-27-20)15(11-19(24)25)21-18(23)7-5-13-4-6-16(22)17(10-13)26-3/h4-7,10,14-15,22H,8-9,11-12H2,1-3H3,(H,21,23)(H,24,25)/t14-,15+/m1/s1. The molecule has 0 spiro atoms. The average molecular weight is 377 g/mol. The molecular weight excluding hydrogens is 350 g/mol. The number of benzene rings is 1. The number of aliphatic carboxylic acids is 1. The van der Waals surface area contributed by atoms with Crippen molar-refractivity contribution in [1.29, 1.82) is 0 Å². The third-order valence-electron chi connectivity index (χ3n) is 4.66. The fourth-order valence-corrected chi connectivity index (χ4v) is 3.35. The highest BCUT2D eigenvalue weighted by atomic mass is 16.5. The Morgan fingerprint density at radius 3 is 2.81 bits per heavy atom. The maximum atomic E-state index is 12.3. The number of hydrogen-bond donors (Lipinski definition) is 3. The normalized spacial score (nSPS) is 20.2. The predicted molar refractivity (Wildman–Crippen MR) is 101 cm³/mol. The van der Waals surface area contributed by atoms with Gasteiger partial charge >= 0.3 is 5.97 Å². The molecule has 0 aliphatic carbocycles. The smallest absolute Gasteiger partial charge is 0.305 e. The van der Waals surface area contributed by atoms with Crippen molar-refractivity contribution in [3.8, 4) is 11.5 Å². The van der Waals surface area contributed by atoms with E-state index in [1.54, 1.807) is 18.2 Å². The van der Waals surface area contributed by atoms with Crippen LogP contribution in [-0.4, -0.2) is 47.4 Å². The van der Waals surface area contributed by atoms with Gasteiger partial charge in [0, 0.05) is 18.7 Å². The highest BCUT2D eigenvalue weighted by molar-refractivity contribution is 5.92. The zero-order valence-corrected chi connectivity index (χ0v) is 15.9. The summed E-state index contributed by atoms with van der Waals surface area (Å²) in [4.78, 5) is 23.6. The summed E-state index contributed by atoms with van der Waals surface area (Å²) in [6.07, 6.45) is 4.20. The first-order valence-electron chi connectivity index (χ1n) is 8.91. The van der Waals surface area contributed by atoms with E-state index in [2.05, 4.69) is 5.32 Å². The van der Waals surface area contributed by atoms with Gasteiger partial charge in [-0.2, -0.15) is 0 Å². The van der Waals surface area contributed by atoms with Gasteiger partial charge < -0.3 is 25.0 Å². The highest BCUT2D eigenvalue weighted by Gasteiger charge is 2.34. The van der Waals surface area contributed by atoms with E-state index in [4.69, 9.17) is 9.47 Å². The van der Waals surface area contributed by atoms with Gasteiger partial charge in [0.2, 0.25) is 5.91 Å². The summed E-state index contributed by atoms with van der Waals surface area (Å²) >= 11 is 0. The van der Waals surface area contributed by atoms with E-state index in [9.17, 15) is 19.8 Å². The van der Waals surface area contributed by atoms with E-state index in [-0.39, 0.29) is 29.6 Å². The van der Waals surface area contributed by atoms with Crippen LogP contribution in [0.3, 0.4) is 0 Å². The number of phenolic OH excluding ortho intramolecular Hbond substituents is 1. The number of phenols is 1. The summed E-state index contributed by atoms with van der Waals surface area (Å²) < 4.78 is 10.7. The first-order valence-corrected chi connectivity index (χ1v) is 8.91. The number of ether oxygens (including phenoxy) is 2. The number of nitrogens with one attached hydrogen (secondary N) is 1. The minimum atomic E-state index is -0.947. The van der Waals surface area contributed by atoms with Gasteiger partial charge in [-0.05, 0) is 56.4 Å². The number of methoxy groups -OCH3 is 1. The van der Waals surface area contributed by atoms with Gasteiger partial charge in [-0.1, -0.05) is 6.07 Å². The van der Waals surface area contributed by atoms with Crippen molar-refractivity contribution >= 4 is 18.0 Å². The third kappa shape index (κ3) is 6.29. The lowest BCUT2D eigenvalue weighted by molar-refractivity contribution is -0.139. The molecule has 27 heavy (non-hydrogen) atoms. The molecule has 0 aromatic heterocycles. The van der Waals surface area contributed by atoms with Crippen LogP contribution >= 0.6 is 0 Å². The molecule has 1 aromatic rings. The maximum Gasteiger partial charge on any atom is 0.305 e. The van der Waals surface area contributed by atoms with E-state index in [0.717, 1.165) is 0 Å². The lowest BCUT2D eigenvalue weighted by Crippen LogP contribution is -2.46. The Morgan fingerprint density at radius 1 is 1.44 bits per heavy atom. The summed E-state index contributed by atoms with van der Waals surface area (Å²) in [5.41, 5.74) is 0.352. The molecule has 1 aromatic carbocycles. The van der Waals surface area contributed by atoms with Crippen LogP contribution in [0.2, 0.25) is 0 Å². The van der Waals surface area contributed by atoms with Crippen LogP contribution < -0.4 is 10.1 Å². The number of rotatable bonds is 7. The largest absolute Gasteiger partial charge is 0.504 e. The number of aromatic hydroxyl groups is 1. The van der Waals surface area contributed by atoms with Gasteiger partial charge in [-0.15, -0.1) is 0 Å². The fourth-order valence-electron chi connectivity index (χ4n) is 3.35. The lowest BCUT2D eigenvalue weighted by atomic mass is 9.82. The van der Waals surface area contributed by atoms with Crippen LogP contribution in [0.4, 0.5) is 0 Å². The molecule has 0 bridgehead atoms. The summed E-state index contributed by atoms with van der Waals surface area (Å²) in [7, 11) is 1.45. The van der Waals surface area contributed by atoms with Crippen LogP contribution in [0.15, 0.2) is 24.3 Å². The van der Waals surface area contributed by atoms with Crippen LogP contribution in [0, 0.1) is 5.92 Å². The van der Waals surface area contributed by atoms with Gasteiger partial charge in [-0.25, -0.2) is 0 Å². The minimum absolute atomic E-state index is 0.0164. The molecule has 1 amide bonds. The molecule has 1 saturated heterocycles. The second-order valence-electron chi connectivity index (χ2n) is 7.34. The first-order chi connectivity index (χ1) is 12.7. The molecule has 1 aliphatic rings. The molecule has 7 nitrogen and oxygen atoms in total.